The van der Waals surface area contributed by atoms with Gasteiger partial charge in [0.15, 0.2) is 5.11 Å². The lowest BCUT2D eigenvalue weighted by molar-refractivity contribution is 0.619. The fraction of sp³-hybridized carbons (Fsp3) is 0.133. The number of hydrogen-bond donors (Lipinski definition) is 2. The van der Waals surface area contributed by atoms with Gasteiger partial charge in [0, 0.05) is 5.69 Å². The average Bonchev–Trinajstić information content (AvgIpc) is 2.42. The van der Waals surface area contributed by atoms with Crippen molar-refractivity contribution in [1.29, 1.82) is 0 Å². The van der Waals surface area contributed by atoms with E-state index < -0.39 is 5.82 Å². The van der Waals surface area contributed by atoms with Crippen molar-refractivity contribution in [3.8, 4) is 0 Å². The number of thiocarbonyl (C=S) groups is 1. The fourth-order valence-electron chi connectivity index (χ4n) is 1.75. The molecule has 0 fully saturated rings. The van der Waals surface area contributed by atoms with Crippen LogP contribution in [0.25, 0.3) is 0 Å². The Labute approximate surface area is 128 Å². The quantitative estimate of drug-likeness (QED) is 0.815. The predicted octanol–water partition coefficient (Wildman–Crippen LogP) is 4.53. The molecule has 20 heavy (non-hydrogen) atoms. The lowest BCUT2D eigenvalue weighted by Gasteiger charge is -2.17. The molecular formula is C15H14ClFN2S. The Morgan fingerprint density at radius 3 is 2.55 bits per heavy atom. The van der Waals surface area contributed by atoms with E-state index in [4.69, 9.17) is 23.8 Å². The van der Waals surface area contributed by atoms with E-state index in [0.29, 0.717) is 5.11 Å². The van der Waals surface area contributed by atoms with Gasteiger partial charge in [-0.3, -0.25) is 0 Å². The minimum atomic E-state index is -0.431. The van der Waals surface area contributed by atoms with Crippen LogP contribution in [-0.2, 0) is 0 Å². The third-order valence-corrected chi connectivity index (χ3v) is 3.35. The molecule has 0 radical (unpaired) electrons. The van der Waals surface area contributed by atoms with Crippen molar-refractivity contribution >= 4 is 34.6 Å². The first-order chi connectivity index (χ1) is 9.56. The second-order valence-electron chi connectivity index (χ2n) is 4.36. The van der Waals surface area contributed by atoms with Crippen LogP contribution in [0, 0.1) is 5.82 Å². The maximum atomic E-state index is 13.4. The van der Waals surface area contributed by atoms with E-state index in [1.807, 2.05) is 37.3 Å². The molecule has 2 aromatic carbocycles. The molecule has 0 aromatic heterocycles. The molecule has 0 saturated heterocycles. The summed E-state index contributed by atoms with van der Waals surface area (Å²) < 4.78 is 13.4. The zero-order valence-corrected chi connectivity index (χ0v) is 12.4. The van der Waals surface area contributed by atoms with Crippen LogP contribution in [0.3, 0.4) is 0 Å². The van der Waals surface area contributed by atoms with Gasteiger partial charge in [0.05, 0.1) is 11.1 Å². The van der Waals surface area contributed by atoms with Gasteiger partial charge in [0.25, 0.3) is 0 Å². The third-order valence-electron chi connectivity index (χ3n) is 2.82. The van der Waals surface area contributed by atoms with E-state index in [0.717, 1.165) is 11.3 Å². The summed E-state index contributed by atoms with van der Waals surface area (Å²) in [6.45, 7) is 1.90. The smallest absolute Gasteiger partial charge is 0.171 e. The second-order valence-corrected chi connectivity index (χ2v) is 5.18. The molecule has 104 valence electrons. The molecule has 2 nitrogen and oxygen atoms in total. The van der Waals surface area contributed by atoms with Gasteiger partial charge in [0.1, 0.15) is 5.82 Å². The standard InChI is InChI=1S/C15H14ClFN2S/c1-10(11-7-8-13(16)14(17)9-11)18-15(20)19-12-5-3-2-4-6-12/h2-10H,1H3,(H2,18,19,20). The summed E-state index contributed by atoms with van der Waals surface area (Å²) in [5.74, 6) is -0.431. The topological polar surface area (TPSA) is 24.1 Å². The van der Waals surface area contributed by atoms with Crippen LogP contribution in [0.1, 0.15) is 18.5 Å². The van der Waals surface area contributed by atoms with Gasteiger partial charge >= 0.3 is 0 Å². The summed E-state index contributed by atoms with van der Waals surface area (Å²) in [5, 5.41) is 6.77. The summed E-state index contributed by atoms with van der Waals surface area (Å²) >= 11 is 10.9. The van der Waals surface area contributed by atoms with Crippen LogP contribution in [-0.4, -0.2) is 5.11 Å². The van der Waals surface area contributed by atoms with E-state index in [-0.39, 0.29) is 11.1 Å². The largest absolute Gasteiger partial charge is 0.356 e. The number of rotatable bonds is 3. The molecule has 0 amide bonds. The van der Waals surface area contributed by atoms with Crippen LogP contribution in [0.2, 0.25) is 5.02 Å². The van der Waals surface area contributed by atoms with Crippen molar-refractivity contribution in [1.82, 2.24) is 5.32 Å². The first kappa shape index (κ1) is 14.8. The molecule has 2 rings (SSSR count). The summed E-state index contributed by atoms with van der Waals surface area (Å²) in [6, 6.07) is 14.2. The first-order valence-electron chi connectivity index (χ1n) is 6.14. The minimum Gasteiger partial charge on any atom is -0.356 e. The van der Waals surface area contributed by atoms with Gasteiger partial charge in [-0.25, -0.2) is 4.39 Å². The van der Waals surface area contributed by atoms with Crippen molar-refractivity contribution < 1.29 is 4.39 Å². The van der Waals surface area contributed by atoms with Gasteiger partial charge in [0.2, 0.25) is 0 Å². The number of hydrogen-bond acceptors (Lipinski definition) is 1. The predicted molar refractivity (Wildman–Crippen MR) is 85.6 cm³/mol. The maximum Gasteiger partial charge on any atom is 0.171 e. The van der Waals surface area contributed by atoms with Crippen molar-refractivity contribution in [2.45, 2.75) is 13.0 Å². The van der Waals surface area contributed by atoms with E-state index >= 15 is 0 Å². The van der Waals surface area contributed by atoms with E-state index in [1.165, 1.54) is 12.1 Å². The van der Waals surface area contributed by atoms with Crippen molar-refractivity contribution in [3.05, 3.63) is 64.9 Å². The Kier molecular flexibility index (Phi) is 4.93. The highest BCUT2D eigenvalue weighted by Gasteiger charge is 2.09. The lowest BCUT2D eigenvalue weighted by atomic mass is 10.1. The van der Waals surface area contributed by atoms with Gasteiger partial charge in [-0.15, -0.1) is 0 Å². The van der Waals surface area contributed by atoms with Crippen LogP contribution in [0.15, 0.2) is 48.5 Å². The van der Waals surface area contributed by atoms with E-state index in [9.17, 15) is 4.39 Å². The van der Waals surface area contributed by atoms with Crippen molar-refractivity contribution in [3.63, 3.8) is 0 Å². The molecule has 0 saturated carbocycles. The fourth-order valence-corrected chi connectivity index (χ4v) is 2.16. The molecule has 5 heteroatoms. The molecular weight excluding hydrogens is 295 g/mol. The highest BCUT2D eigenvalue weighted by Crippen LogP contribution is 2.20. The van der Waals surface area contributed by atoms with Crippen LogP contribution in [0.4, 0.5) is 10.1 Å². The van der Waals surface area contributed by atoms with E-state index in [2.05, 4.69) is 10.6 Å². The third kappa shape index (κ3) is 3.92. The SMILES string of the molecule is CC(NC(=S)Nc1ccccc1)c1ccc(Cl)c(F)c1. The summed E-state index contributed by atoms with van der Waals surface area (Å²) in [6.07, 6.45) is 0. The summed E-state index contributed by atoms with van der Waals surface area (Å²) in [4.78, 5) is 0. The molecule has 0 aliphatic carbocycles. The van der Waals surface area contributed by atoms with Gasteiger partial charge in [-0.1, -0.05) is 35.9 Å². The summed E-state index contributed by atoms with van der Waals surface area (Å²) in [7, 11) is 0. The highest BCUT2D eigenvalue weighted by atomic mass is 35.5. The number of halogens is 2. The number of nitrogens with one attached hydrogen (secondary N) is 2. The zero-order valence-electron chi connectivity index (χ0n) is 10.9. The van der Waals surface area contributed by atoms with E-state index in [1.54, 1.807) is 6.07 Å². The van der Waals surface area contributed by atoms with Gasteiger partial charge in [-0.2, -0.15) is 0 Å². The molecule has 0 heterocycles. The molecule has 0 aliphatic heterocycles. The monoisotopic (exact) mass is 308 g/mol. The molecule has 2 aromatic rings. The molecule has 2 N–H and O–H groups in total. The van der Waals surface area contributed by atoms with Crippen LogP contribution >= 0.6 is 23.8 Å². The van der Waals surface area contributed by atoms with Crippen molar-refractivity contribution in [2.75, 3.05) is 5.32 Å². The Morgan fingerprint density at radius 1 is 1.20 bits per heavy atom. The molecule has 1 atom stereocenters. The Morgan fingerprint density at radius 2 is 1.90 bits per heavy atom. The highest BCUT2D eigenvalue weighted by molar-refractivity contribution is 7.80. The normalized spacial score (nSPS) is 11.8. The minimum absolute atomic E-state index is 0.117. The second kappa shape index (κ2) is 6.68. The van der Waals surface area contributed by atoms with Crippen molar-refractivity contribution in [2.24, 2.45) is 0 Å². The average molecular weight is 309 g/mol. The molecule has 0 spiro atoms. The Bertz CT molecular complexity index is 604. The van der Waals surface area contributed by atoms with Gasteiger partial charge < -0.3 is 10.6 Å². The Balaban J connectivity index is 1.98. The van der Waals surface area contributed by atoms with Crippen LogP contribution in [0.5, 0.6) is 0 Å². The molecule has 0 bridgehead atoms. The number of benzene rings is 2. The first-order valence-corrected chi connectivity index (χ1v) is 6.92. The Hall–Kier alpha value is -1.65. The number of para-hydroxylation sites is 1. The number of anilines is 1. The zero-order chi connectivity index (χ0) is 14.5. The van der Waals surface area contributed by atoms with Crippen LogP contribution < -0.4 is 10.6 Å². The molecule has 1 unspecified atom stereocenters. The lowest BCUT2D eigenvalue weighted by Crippen LogP contribution is -2.30. The van der Waals surface area contributed by atoms with Gasteiger partial charge in [-0.05, 0) is 49.0 Å². The molecule has 0 aliphatic rings. The summed E-state index contributed by atoms with van der Waals surface area (Å²) in [5.41, 5.74) is 1.68. The maximum absolute atomic E-state index is 13.4.